The fourth-order valence-corrected chi connectivity index (χ4v) is 6.33. The van der Waals surface area contributed by atoms with E-state index < -0.39 is 0 Å². The van der Waals surface area contributed by atoms with Gasteiger partial charge in [-0.25, -0.2) is 0 Å². The number of fused-ring (bicyclic) bond motifs is 4. The largest absolute Gasteiger partial charge is 1.00 e. The van der Waals surface area contributed by atoms with Gasteiger partial charge in [-0.05, 0) is 21.7 Å². The van der Waals surface area contributed by atoms with E-state index in [1.165, 1.54) is 65.3 Å². The molecule has 0 nitrogen and oxygen atoms in total. The summed E-state index contributed by atoms with van der Waals surface area (Å²) in [5.41, 5.74) is 6.75. The Balaban J connectivity index is 0.000000386. The van der Waals surface area contributed by atoms with Crippen molar-refractivity contribution in [2.75, 3.05) is 0 Å². The molecular formula is C56H72Cl2Si2Ti2-2. The molecule has 8 rings (SSSR count). The van der Waals surface area contributed by atoms with Gasteiger partial charge >= 0.3 is 76.9 Å². The molecule has 0 spiro atoms. The Morgan fingerprint density at radius 1 is 0.323 bits per heavy atom. The summed E-state index contributed by atoms with van der Waals surface area (Å²) in [6.45, 7) is 36.1. The van der Waals surface area contributed by atoms with Crippen LogP contribution in [-0.4, -0.2) is 12.4 Å². The molecule has 0 fully saturated rings. The van der Waals surface area contributed by atoms with Crippen LogP contribution >= 0.6 is 0 Å². The maximum absolute atomic E-state index is 2.29. The average molecular weight is 968 g/mol. The van der Waals surface area contributed by atoms with Crippen molar-refractivity contribution in [1.29, 1.82) is 0 Å². The molecule has 0 aliphatic heterocycles. The minimum Gasteiger partial charge on any atom is -1.00 e. The first kappa shape index (κ1) is 57.8. The Kier molecular flexibility index (Phi) is 23.7. The molecule has 8 aromatic rings. The Labute approximate surface area is 413 Å². The van der Waals surface area contributed by atoms with Gasteiger partial charge in [0.1, 0.15) is 0 Å². The van der Waals surface area contributed by atoms with Crippen molar-refractivity contribution in [3.63, 3.8) is 0 Å². The molecule has 0 aliphatic carbocycles. The maximum Gasteiger partial charge on any atom is -1.00 e. The van der Waals surface area contributed by atoms with Crippen molar-refractivity contribution in [1.82, 2.24) is 0 Å². The number of halogens is 2. The summed E-state index contributed by atoms with van der Waals surface area (Å²) < 4.78 is 0. The van der Waals surface area contributed by atoms with Crippen molar-refractivity contribution in [3.8, 4) is 0 Å². The monoisotopic (exact) mass is 966 g/mol. The van der Waals surface area contributed by atoms with Gasteiger partial charge < -0.3 is 24.8 Å². The molecule has 0 atom stereocenters. The molecule has 62 heavy (non-hydrogen) atoms. The van der Waals surface area contributed by atoms with Crippen LogP contribution in [-0.2, 0) is 60.0 Å². The van der Waals surface area contributed by atoms with Crippen LogP contribution in [0.1, 0.15) is 105 Å². The maximum atomic E-state index is 2.29. The SMILES string of the molecule is CC(C)(C)c1cc2ccccc2[cH-]1.CC(C)(C)c1cc2ccccc2[cH-]1.CC(C)(C)c1cc2ccccc2[cH-]1.CC(C)(C)c1cc2ccccc2[cH-]1.C[Si](C)=[Ti+2].C[Si](C)=[Ti+2].[Cl-].[Cl-]. The molecule has 0 saturated carbocycles. The molecule has 0 radical (unpaired) electrons. The molecule has 0 bridgehead atoms. The van der Waals surface area contributed by atoms with E-state index in [0.717, 1.165) is 0 Å². The summed E-state index contributed by atoms with van der Waals surface area (Å²) in [5, 5.41) is 10.8. The Bertz CT molecular complexity index is 2080. The predicted molar refractivity (Wildman–Crippen MR) is 268 cm³/mol. The van der Waals surface area contributed by atoms with Crippen molar-refractivity contribution in [2.24, 2.45) is 0 Å². The van der Waals surface area contributed by atoms with Crippen LogP contribution in [0.2, 0.25) is 26.2 Å². The first-order valence-corrected chi connectivity index (χ1v) is 31.1. The second-order valence-corrected chi connectivity index (χ2v) is 33.9. The summed E-state index contributed by atoms with van der Waals surface area (Å²) in [6, 6.07) is 52.4. The van der Waals surface area contributed by atoms with Gasteiger partial charge in [0.15, 0.2) is 0 Å². The first-order valence-electron chi connectivity index (χ1n) is 21.4. The Morgan fingerprint density at radius 2 is 0.468 bits per heavy atom. The van der Waals surface area contributed by atoms with Crippen LogP contribution in [0.5, 0.6) is 0 Å². The van der Waals surface area contributed by atoms with Gasteiger partial charge in [0.2, 0.25) is 0 Å². The van der Waals surface area contributed by atoms with Crippen LogP contribution in [0.3, 0.4) is 0 Å². The number of benzene rings is 4. The zero-order chi connectivity index (χ0) is 45.1. The molecule has 0 aromatic heterocycles. The van der Waals surface area contributed by atoms with Crippen LogP contribution in [0, 0.1) is 0 Å². The number of hydrogen-bond acceptors (Lipinski definition) is 0. The minimum atomic E-state index is 0. The Hall–Kier alpha value is -2.24. The van der Waals surface area contributed by atoms with E-state index in [0.29, 0.717) is 0 Å². The zero-order valence-corrected chi connectivity index (χ0v) is 47.2. The third kappa shape index (κ3) is 19.5. The number of hydrogen-bond donors (Lipinski definition) is 0. The Morgan fingerprint density at radius 3 is 0.597 bits per heavy atom. The summed E-state index contributed by atoms with van der Waals surface area (Å²) in [5.74, 6) is 0. The summed E-state index contributed by atoms with van der Waals surface area (Å²) >= 11 is 4.54. The first-order chi connectivity index (χ1) is 27.8. The van der Waals surface area contributed by atoms with E-state index in [1.54, 1.807) is 0 Å². The summed E-state index contributed by atoms with van der Waals surface area (Å²) in [4.78, 5) is 0. The van der Waals surface area contributed by atoms with Crippen molar-refractivity contribution in [2.45, 2.75) is 131 Å². The van der Waals surface area contributed by atoms with E-state index in [9.17, 15) is 0 Å². The van der Waals surface area contributed by atoms with Crippen LogP contribution in [0.4, 0.5) is 0 Å². The average Bonchev–Trinajstić information content (AvgIpc) is 3.95. The van der Waals surface area contributed by atoms with Gasteiger partial charge in [-0.15, -0.1) is 162 Å². The van der Waals surface area contributed by atoms with Crippen LogP contribution < -0.4 is 24.8 Å². The quantitative estimate of drug-likeness (QED) is 0.105. The summed E-state index contributed by atoms with van der Waals surface area (Å²) in [6.07, 6.45) is 0.241. The zero-order valence-electron chi connectivity index (χ0n) is 40.6. The molecule has 0 amide bonds. The standard InChI is InChI=1S/4C13H15.2C2H6Si.2ClH.2Ti/c4*1-13(2,3)12-8-10-6-4-5-7-11(10)9-12;2*1-3-2;;;;/h4*4-9H,1-3H3;2*1-2H3;2*1H;;/q4*-1;;;;;2*+2/p-2. The molecule has 0 heterocycles. The third-order valence-corrected chi connectivity index (χ3v) is 9.94. The van der Waals surface area contributed by atoms with E-state index >= 15 is 0 Å². The number of rotatable bonds is 0. The van der Waals surface area contributed by atoms with Gasteiger partial charge in [-0.3, -0.25) is 0 Å². The van der Waals surface area contributed by atoms with Gasteiger partial charge in [0, 0.05) is 0 Å². The molecule has 6 heteroatoms. The molecule has 8 aromatic carbocycles. The summed E-state index contributed by atoms with van der Waals surface area (Å²) in [7, 11) is 0. The molecular weight excluding hydrogens is 895 g/mol. The van der Waals surface area contributed by atoms with Crippen molar-refractivity contribution in [3.05, 3.63) is 168 Å². The van der Waals surface area contributed by atoms with E-state index in [-0.39, 0.29) is 58.8 Å². The predicted octanol–water partition coefficient (Wildman–Crippen LogP) is 11.0. The van der Waals surface area contributed by atoms with E-state index in [2.05, 4.69) is 293 Å². The normalized spacial score (nSPS) is 11.2. The third-order valence-electron chi connectivity index (χ3n) is 9.94. The van der Waals surface area contributed by atoms with Crippen molar-refractivity contribution < 1.29 is 63.2 Å². The fourth-order valence-electron chi connectivity index (χ4n) is 6.33. The smallest absolute Gasteiger partial charge is 1.00 e. The van der Waals surface area contributed by atoms with E-state index in [1.807, 2.05) is 0 Å². The van der Waals surface area contributed by atoms with Crippen molar-refractivity contribution >= 4 is 55.5 Å². The van der Waals surface area contributed by atoms with Gasteiger partial charge in [0.25, 0.3) is 0 Å². The van der Waals surface area contributed by atoms with E-state index in [4.69, 9.17) is 0 Å². The topological polar surface area (TPSA) is 0 Å². The van der Waals surface area contributed by atoms with Gasteiger partial charge in [-0.1, -0.05) is 107 Å². The van der Waals surface area contributed by atoms with Crippen LogP contribution in [0.25, 0.3) is 43.1 Å². The fraction of sp³-hybridized carbons (Fsp3) is 0.357. The second-order valence-electron chi connectivity index (χ2n) is 20.5. The molecule has 328 valence electrons. The molecule has 0 N–H and O–H groups in total. The minimum absolute atomic E-state index is 0. The molecule has 0 saturated heterocycles. The second kappa shape index (κ2) is 25.5. The van der Waals surface area contributed by atoms with Gasteiger partial charge in [0.05, 0.1) is 0 Å². The van der Waals surface area contributed by atoms with Gasteiger partial charge in [-0.2, -0.15) is 24.3 Å². The van der Waals surface area contributed by atoms with Crippen LogP contribution in [0.15, 0.2) is 146 Å². The molecule has 0 aliphatic rings. The molecule has 0 unspecified atom stereocenters.